The maximum atomic E-state index is 5.59. The Labute approximate surface area is 99.0 Å². The number of nitrogens with zero attached hydrogens (tertiary/aromatic N) is 1. The summed E-state index contributed by atoms with van der Waals surface area (Å²) in [5.74, 6) is 0. The first-order valence-electron chi connectivity index (χ1n) is 5.17. The molecule has 2 aromatic rings. The van der Waals surface area contributed by atoms with Crippen LogP contribution in [-0.4, -0.2) is 11.0 Å². The van der Waals surface area contributed by atoms with Gasteiger partial charge in [0.15, 0.2) is 0 Å². The second-order valence-electron chi connectivity index (χ2n) is 3.51. The number of rotatable bonds is 5. The van der Waals surface area contributed by atoms with Crippen LogP contribution in [-0.2, 0) is 17.8 Å². The summed E-state index contributed by atoms with van der Waals surface area (Å²) in [5, 5.41) is 0.762. The van der Waals surface area contributed by atoms with Gasteiger partial charge in [0.05, 0.1) is 18.9 Å². The van der Waals surface area contributed by atoms with Crippen molar-refractivity contribution in [3.8, 4) is 0 Å². The molecule has 3 nitrogen and oxygen atoms in total. The summed E-state index contributed by atoms with van der Waals surface area (Å²) < 4.78 is 9.75. The number of ether oxygens (including phenoxy) is 1. The molecule has 0 aliphatic heterocycles. The van der Waals surface area contributed by atoms with Gasteiger partial charge in [0.1, 0.15) is 5.00 Å². The maximum absolute atomic E-state index is 5.59. The SMILES string of the molecule is Nc1cc(CCOCc2ccccc2)ns1. The Morgan fingerprint density at radius 2 is 2.06 bits per heavy atom. The molecule has 16 heavy (non-hydrogen) atoms. The maximum Gasteiger partial charge on any atom is 0.107 e. The third-order valence-corrected chi connectivity index (χ3v) is 2.85. The van der Waals surface area contributed by atoms with E-state index in [1.54, 1.807) is 0 Å². The number of anilines is 1. The third-order valence-electron chi connectivity index (χ3n) is 2.19. The van der Waals surface area contributed by atoms with Crippen molar-refractivity contribution in [2.45, 2.75) is 13.0 Å². The minimum absolute atomic E-state index is 0.653. The molecule has 4 heteroatoms. The Hall–Kier alpha value is -1.39. The fraction of sp³-hybridized carbons (Fsp3) is 0.250. The van der Waals surface area contributed by atoms with Crippen molar-refractivity contribution in [2.75, 3.05) is 12.3 Å². The van der Waals surface area contributed by atoms with Crippen molar-refractivity contribution in [3.63, 3.8) is 0 Å². The molecule has 0 aliphatic rings. The summed E-state index contributed by atoms with van der Waals surface area (Å²) in [5.41, 5.74) is 7.79. The number of benzene rings is 1. The summed E-state index contributed by atoms with van der Waals surface area (Å²) in [7, 11) is 0. The van der Waals surface area contributed by atoms with Crippen LogP contribution in [0, 0.1) is 0 Å². The lowest BCUT2D eigenvalue weighted by Gasteiger charge is -2.02. The van der Waals surface area contributed by atoms with Crippen molar-refractivity contribution in [1.82, 2.24) is 4.37 Å². The van der Waals surface area contributed by atoms with Gasteiger partial charge < -0.3 is 10.5 Å². The van der Waals surface area contributed by atoms with Crippen LogP contribution in [0.3, 0.4) is 0 Å². The zero-order valence-electron chi connectivity index (χ0n) is 8.93. The first-order chi connectivity index (χ1) is 7.84. The molecule has 0 saturated heterocycles. The van der Waals surface area contributed by atoms with E-state index in [4.69, 9.17) is 10.5 Å². The Morgan fingerprint density at radius 3 is 2.75 bits per heavy atom. The number of nitrogen functional groups attached to an aromatic ring is 1. The monoisotopic (exact) mass is 234 g/mol. The molecule has 0 radical (unpaired) electrons. The number of hydrogen-bond acceptors (Lipinski definition) is 4. The zero-order valence-corrected chi connectivity index (χ0v) is 9.74. The van der Waals surface area contributed by atoms with E-state index in [2.05, 4.69) is 16.5 Å². The van der Waals surface area contributed by atoms with Crippen LogP contribution in [0.15, 0.2) is 36.4 Å². The molecular formula is C12H14N2OS. The Morgan fingerprint density at radius 1 is 1.25 bits per heavy atom. The summed E-state index contributed by atoms with van der Waals surface area (Å²) >= 11 is 1.33. The smallest absolute Gasteiger partial charge is 0.107 e. The average molecular weight is 234 g/mol. The molecule has 1 heterocycles. The van der Waals surface area contributed by atoms with Gasteiger partial charge in [-0.3, -0.25) is 0 Å². The molecule has 0 fully saturated rings. The van der Waals surface area contributed by atoms with Crippen LogP contribution < -0.4 is 5.73 Å². The molecule has 84 valence electrons. The van der Waals surface area contributed by atoms with Gasteiger partial charge in [0.25, 0.3) is 0 Å². The minimum Gasteiger partial charge on any atom is -0.389 e. The molecule has 0 atom stereocenters. The molecule has 0 bridgehead atoms. The quantitative estimate of drug-likeness (QED) is 0.808. The van der Waals surface area contributed by atoms with Gasteiger partial charge in [0, 0.05) is 6.42 Å². The summed E-state index contributed by atoms with van der Waals surface area (Å²) in [6.45, 7) is 1.33. The molecular weight excluding hydrogens is 220 g/mol. The Kier molecular flexibility index (Phi) is 3.91. The third kappa shape index (κ3) is 3.32. The van der Waals surface area contributed by atoms with Crippen LogP contribution in [0.4, 0.5) is 5.00 Å². The lowest BCUT2D eigenvalue weighted by Crippen LogP contribution is -1.99. The molecule has 0 saturated carbocycles. The molecule has 0 aliphatic carbocycles. The number of hydrogen-bond donors (Lipinski definition) is 1. The van der Waals surface area contributed by atoms with Crippen LogP contribution in [0.5, 0.6) is 0 Å². The van der Waals surface area contributed by atoms with Crippen molar-refractivity contribution in [1.29, 1.82) is 0 Å². The van der Waals surface area contributed by atoms with Crippen molar-refractivity contribution < 1.29 is 4.74 Å². The topological polar surface area (TPSA) is 48.1 Å². The van der Waals surface area contributed by atoms with Gasteiger partial charge in [0.2, 0.25) is 0 Å². The molecule has 0 amide bonds. The molecule has 0 unspecified atom stereocenters. The minimum atomic E-state index is 0.653. The van der Waals surface area contributed by atoms with Crippen LogP contribution in [0.2, 0.25) is 0 Å². The van der Waals surface area contributed by atoms with Gasteiger partial charge >= 0.3 is 0 Å². The predicted octanol–water partition coefficient (Wildman–Crippen LogP) is 2.48. The molecule has 0 spiro atoms. The summed E-state index contributed by atoms with van der Waals surface area (Å²) in [4.78, 5) is 0. The first-order valence-corrected chi connectivity index (χ1v) is 5.94. The lowest BCUT2D eigenvalue weighted by molar-refractivity contribution is 0.123. The van der Waals surface area contributed by atoms with Gasteiger partial charge in [-0.25, -0.2) is 0 Å². The van der Waals surface area contributed by atoms with E-state index >= 15 is 0 Å². The second kappa shape index (κ2) is 5.63. The van der Waals surface area contributed by atoms with Gasteiger partial charge in [-0.15, -0.1) is 0 Å². The normalized spacial score (nSPS) is 10.5. The van der Waals surface area contributed by atoms with E-state index in [0.29, 0.717) is 13.2 Å². The van der Waals surface area contributed by atoms with E-state index in [0.717, 1.165) is 17.1 Å². The molecule has 2 N–H and O–H groups in total. The highest BCUT2D eigenvalue weighted by Gasteiger charge is 1.99. The fourth-order valence-electron chi connectivity index (χ4n) is 1.39. The van der Waals surface area contributed by atoms with Crippen LogP contribution in [0.25, 0.3) is 0 Å². The summed E-state index contributed by atoms with van der Waals surface area (Å²) in [6.07, 6.45) is 0.820. The fourth-order valence-corrected chi connectivity index (χ4v) is 1.94. The highest BCUT2D eigenvalue weighted by Crippen LogP contribution is 2.12. The van der Waals surface area contributed by atoms with E-state index in [-0.39, 0.29) is 0 Å². The Bertz CT molecular complexity index is 428. The highest BCUT2D eigenvalue weighted by atomic mass is 32.1. The molecule has 1 aromatic heterocycles. The largest absolute Gasteiger partial charge is 0.389 e. The Balaban J connectivity index is 1.69. The highest BCUT2D eigenvalue weighted by molar-refractivity contribution is 7.10. The average Bonchev–Trinajstić information content (AvgIpc) is 2.72. The standard InChI is InChI=1S/C12H14N2OS/c13-12-8-11(14-16-12)6-7-15-9-10-4-2-1-3-5-10/h1-5,8H,6-7,9,13H2. The van der Waals surface area contributed by atoms with Gasteiger partial charge in [-0.05, 0) is 23.2 Å². The lowest BCUT2D eigenvalue weighted by atomic mass is 10.2. The van der Waals surface area contributed by atoms with Crippen molar-refractivity contribution in [2.24, 2.45) is 0 Å². The number of nitrogens with two attached hydrogens (primary N) is 1. The van der Waals surface area contributed by atoms with Gasteiger partial charge in [-0.2, -0.15) is 4.37 Å². The molecule has 2 rings (SSSR count). The summed E-state index contributed by atoms with van der Waals surface area (Å²) in [6, 6.07) is 12.0. The van der Waals surface area contributed by atoms with Gasteiger partial charge in [-0.1, -0.05) is 30.3 Å². The number of aromatic nitrogens is 1. The van der Waals surface area contributed by atoms with E-state index in [9.17, 15) is 0 Å². The van der Waals surface area contributed by atoms with Crippen LogP contribution in [0.1, 0.15) is 11.3 Å². The van der Waals surface area contributed by atoms with E-state index in [1.165, 1.54) is 17.1 Å². The first kappa shape index (κ1) is 11.1. The second-order valence-corrected chi connectivity index (χ2v) is 4.35. The van der Waals surface area contributed by atoms with Crippen molar-refractivity contribution in [3.05, 3.63) is 47.7 Å². The van der Waals surface area contributed by atoms with E-state index < -0.39 is 0 Å². The predicted molar refractivity (Wildman–Crippen MR) is 66.3 cm³/mol. The zero-order chi connectivity index (χ0) is 11.2. The molecule has 1 aromatic carbocycles. The van der Waals surface area contributed by atoms with E-state index in [1.807, 2.05) is 24.3 Å². The van der Waals surface area contributed by atoms with Crippen molar-refractivity contribution >= 4 is 16.5 Å². The van der Waals surface area contributed by atoms with Crippen LogP contribution >= 0.6 is 11.5 Å².